The summed E-state index contributed by atoms with van der Waals surface area (Å²) in [5, 5.41) is 3.55. The first-order valence-electron chi connectivity index (χ1n) is 12.4. The second-order valence-electron chi connectivity index (χ2n) is 9.49. The zero-order valence-electron chi connectivity index (χ0n) is 20.5. The van der Waals surface area contributed by atoms with Crippen LogP contribution in [-0.2, 0) is 16.0 Å². The average Bonchev–Trinajstić information content (AvgIpc) is 3.25. The first-order chi connectivity index (χ1) is 15.7. The van der Waals surface area contributed by atoms with Crippen LogP contribution in [0, 0.1) is 5.92 Å². The molecule has 186 valence electrons. The molecule has 3 heterocycles. The molecule has 0 saturated carbocycles. The van der Waals surface area contributed by atoms with Crippen LogP contribution in [0.3, 0.4) is 0 Å². The molecule has 3 unspecified atom stereocenters. The first kappa shape index (κ1) is 26.7. The molecule has 0 spiro atoms. The summed E-state index contributed by atoms with van der Waals surface area (Å²) < 4.78 is 11.8. The minimum absolute atomic E-state index is 0. The van der Waals surface area contributed by atoms with Crippen LogP contribution >= 0.6 is 24.0 Å². The van der Waals surface area contributed by atoms with Gasteiger partial charge in [0.05, 0.1) is 38.5 Å². The zero-order valence-corrected chi connectivity index (χ0v) is 22.8. The summed E-state index contributed by atoms with van der Waals surface area (Å²) in [5.41, 5.74) is 1.37. The molecule has 0 aliphatic carbocycles. The number of hydrogen-bond acceptors (Lipinski definition) is 5. The van der Waals surface area contributed by atoms with Crippen LogP contribution in [0.15, 0.2) is 35.3 Å². The van der Waals surface area contributed by atoms with Gasteiger partial charge in [-0.2, -0.15) is 0 Å². The van der Waals surface area contributed by atoms with Gasteiger partial charge in [0.2, 0.25) is 0 Å². The van der Waals surface area contributed by atoms with Crippen LogP contribution < -0.4 is 5.32 Å². The van der Waals surface area contributed by atoms with Crippen LogP contribution in [-0.4, -0.2) is 104 Å². The summed E-state index contributed by atoms with van der Waals surface area (Å²) in [6.45, 7) is 16.8. The third-order valence-electron chi connectivity index (χ3n) is 6.99. The molecule has 0 aromatic heterocycles. The largest absolute Gasteiger partial charge is 0.379 e. The van der Waals surface area contributed by atoms with Gasteiger partial charge in [-0.1, -0.05) is 44.2 Å². The monoisotopic (exact) mass is 571 g/mol. The molecule has 1 aromatic rings. The molecule has 0 bridgehead atoms. The van der Waals surface area contributed by atoms with Crippen LogP contribution in [0.2, 0.25) is 0 Å². The van der Waals surface area contributed by atoms with Crippen LogP contribution in [0.1, 0.15) is 26.3 Å². The lowest BCUT2D eigenvalue weighted by Crippen LogP contribution is -2.50. The molecule has 7 nitrogen and oxygen atoms in total. The molecule has 3 aliphatic heterocycles. The van der Waals surface area contributed by atoms with Crippen molar-refractivity contribution >= 4 is 29.9 Å². The fourth-order valence-corrected chi connectivity index (χ4v) is 5.21. The highest BCUT2D eigenvalue weighted by Crippen LogP contribution is 2.25. The topological polar surface area (TPSA) is 52.6 Å². The van der Waals surface area contributed by atoms with E-state index in [4.69, 9.17) is 14.5 Å². The summed E-state index contributed by atoms with van der Waals surface area (Å²) in [5.74, 6) is 1.59. The van der Waals surface area contributed by atoms with Crippen LogP contribution in [0.5, 0.6) is 0 Å². The van der Waals surface area contributed by atoms with Crippen molar-refractivity contribution in [3.05, 3.63) is 35.9 Å². The molecule has 3 saturated heterocycles. The number of rotatable bonds is 7. The van der Waals surface area contributed by atoms with Crippen molar-refractivity contribution < 1.29 is 9.47 Å². The normalized spacial score (nSPS) is 25.6. The summed E-state index contributed by atoms with van der Waals surface area (Å²) in [7, 11) is 0. The Balaban J connectivity index is 0.00000306. The smallest absolute Gasteiger partial charge is 0.194 e. The number of nitrogens with one attached hydrogen (secondary N) is 1. The van der Waals surface area contributed by atoms with Crippen molar-refractivity contribution in [2.45, 2.75) is 45.5 Å². The lowest BCUT2D eigenvalue weighted by Gasteiger charge is -2.36. The van der Waals surface area contributed by atoms with Crippen molar-refractivity contribution in [3.63, 3.8) is 0 Å². The van der Waals surface area contributed by atoms with Crippen molar-refractivity contribution in [2.75, 3.05) is 65.6 Å². The fraction of sp³-hybridized carbons (Fsp3) is 0.720. The van der Waals surface area contributed by atoms with E-state index in [-0.39, 0.29) is 30.1 Å². The Morgan fingerprint density at radius 1 is 1.09 bits per heavy atom. The molecule has 0 amide bonds. The quantitative estimate of drug-likeness (QED) is 0.309. The van der Waals surface area contributed by atoms with E-state index in [0.717, 1.165) is 78.1 Å². The minimum atomic E-state index is 0. The Morgan fingerprint density at radius 3 is 2.55 bits per heavy atom. The van der Waals surface area contributed by atoms with Gasteiger partial charge in [0.1, 0.15) is 0 Å². The summed E-state index contributed by atoms with van der Waals surface area (Å²) in [6, 6.07) is 11.6. The predicted octanol–water partition coefficient (Wildman–Crippen LogP) is 2.51. The number of ether oxygens (including phenoxy) is 2. The standard InChI is InChI=1S/C25H41N5O2.HI/c1-4-26-25(27-16-22(20(2)3)28-10-13-31-14-11-28)30-18-23-24(19-30)32-15-12-29(23)17-21-8-6-5-7-9-21;/h5-9,20,22-24H,4,10-19H2,1-3H3,(H,26,27);1H. The number of guanidine groups is 1. The number of nitrogens with zero attached hydrogens (tertiary/aromatic N) is 4. The Bertz CT molecular complexity index is 729. The van der Waals surface area contributed by atoms with E-state index >= 15 is 0 Å². The Morgan fingerprint density at radius 2 is 1.85 bits per heavy atom. The average molecular weight is 572 g/mol. The van der Waals surface area contributed by atoms with E-state index in [1.807, 2.05) is 0 Å². The second-order valence-corrected chi connectivity index (χ2v) is 9.49. The Labute approximate surface area is 216 Å². The predicted molar refractivity (Wildman–Crippen MR) is 144 cm³/mol. The molecule has 3 fully saturated rings. The number of morpholine rings is 2. The first-order valence-corrected chi connectivity index (χ1v) is 12.4. The Kier molecular flexibility index (Phi) is 10.7. The van der Waals surface area contributed by atoms with Crippen molar-refractivity contribution in [1.29, 1.82) is 0 Å². The highest BCUT2D eigenvalue weighted by molar-refractivity contribution is 14.0. The van der Waals surface area contributed by atoms with Gasteiger partial charge < -0.3 is 19.7 Å². The maximum Gasteiger partial charge on any atom is 0.194 e. The van der Waals surface area contributed by atoms with Crippen molar-refractivity contribution in [3.8, 4) is 0 Å². The second kappa shape index (κ2) is 13.2. The molecular formula is C25H42IN5O2. The van der Waals surface area contributed by atoms with Gasteiger partial charge in [0.25, 0.3) is 0 Å². The van der Waals surface area contributed by atoms with E-state index in [1.54, 1.807) is 0 Å². The summed E-state index contributed by atoms with van der Waals surface area (Å²) in [6.07, 6.45) is 0.247. The van der Waals surface area contributed by atoms with E-state index in [0.29, 0.717) is 18.0 Å². The number of halogens is 1. The van der Waals surface area contributed by atoms with Crippen LogP contribution in [0.25, 0.3) is 0 Å². The molecule has 8 heteroatoms. The highest BCUT2D eigenvalue weighted by atomic mass is 127. The van der Waals surface area contributed by atoms with Crippen molar-refractivity contribution in [1.82, 2.24) is 20.0 Å². The van der Waals surface area contributed by atoms with Gasteiger partial charge in [-0.15, -0.1) is 24.0 Å². The highest BCUT2D eigenvalue weighted by Gasteiger charge is 2.41. The van der Waals surface area contributed by atoms with Crippen molar-refractivity contribution in [2.24, 2.45) is 10.9 Å². The third kappa shape index (κ3) is 7.04. The molecular weight excluding hydrogens is 529 g/mol. The fourth-order valence-electron chi connectivity index (χ4n) is 5.21. The molecule has 4 rings (SSSR count). The maximum atomic E-state index is 6.20. The third-order valence-corrected chi connectivity index (χ3v) is 6.99. The van der Waals surface area contributed by atoms with Gasteiger partial charge in [0, 0.05) is 51.9 Å². The molecule has 1 aromatic carbocycles. The molecule has 3 aliphatic rings. The number of aliphatic imine (C=N–C) groups is 1. The lowest BCUT2D eigenvalue weighted by atomic mass is 10.0. The van der Waals surface area contributed by atoms with E-state index in [1.165, 1.54) is 5.56 Å². The van der Waals surface area contributed by atoms with Crippen LogP contribution in [0.4, 0.5) is 0 Å². The van der Waals surface area contributed by atoms with Gasteiger partial charge in [-0.05, 0) is 18.4 Å². The SMILES string of the molecule is CCNC(=NCC(C(C)C)N1CCOCC1)N1CC2OCCN(Cc3ccccc3)C2C1.I. The number of likely N-dealkylation sites (tertiary alicyclic amines) is 1. The van der Waals surface area contributed by atoms with E-state index in [9.17, 15) is 0 Å². The molecule has 3 atom stereocenters. The molecule has 33 heavy (non-hydrogen) atoms. The maximum absolute atomic E-state index is 6.20. The minimum Gasteiger partial charge on any atom is -0.379 e. The van der Waals surface area contributed by atoms with E-state index in [2.05, 4.69) is 71.1 Å². The van der Waals surface area contributed by atoms with Gasteiger partial charge >= 0.3 is 0 Å². The zero-order chi connectivity index (χ0) is 22.3. The van der Waals surface area contributed by atoms with E-state index < -0.39 is 0 Å². The Hall–Kier alpha value is -0.940. The number of hydrogen-bond donors (Lipinski definition) is 1. The molecule has 0 radical (unpaired) electrons. The van der Waals surface area contributed by atoms with Gasteiger partial charge in [0.15, 0.2) is 5.96 Å². The summed E-state index contributed by atoms with van der Waals surface area (Å²) >= 11 is 0. The van der Waals surface area contributed by atoms with Gasteiger partial charge in [-0.3, -0.25) is 14.8 Å². The number of fused-ring (bicyclic) bond motifs is 1. The van der Waals surface area contributed by atoms with Gasteiger partial charge in [-0.25, -0.2) is 0 Å². The lowest BCUT2D eigenvalue weighted by molar-refractivity contribution is -0.0502. The number of benzene rings is 1. The summed E-state index contributed by atoms with van der Waals surface area (Å²) in [4.78, 5) is 12.7. The molecule has 1 N–H and O–H groups in total.